The number of carbonyl (C=O) groups is 1. The van der Waals surface area contributed by atoms with Gasteiger partial charge in [-0.1, -0.05) is 19.8 Å². The van der Waals surface area contributed by atoms with E-state index in [-0.39, 0.29) is 11.6 Å². The van der Waals surface area contributed by atoms with Crippen molar-refractivity contribution in [3.63, 3.8) is 0 Å². The summed E-state index contributed by atoms with van der Waals surface area (Å²) in [5.74, 6) is 0.0560. The highest BCUT2D eigenvalue weighted by molar-refractivity contribution is 5.92. The maximum Gasteiger partial charge on any atom is 0.238 e. The Balaban J connectivity index is 1.90. The molecule has 1 aromatic carbocycles. The van der Waals surface area contributed by atoms with Gasteiger partial charge in [-0.3, -0.25) is 9.69 Å². The lowest BCUT2D eigenvalue weighted by Gasteiger charge is -2.35. The first-order valence-electron chi connectivity index (χ1n) is 7.52. The molecule has 2 atom stereocenters. The monoisotopic (exact) mass is 293 g/mol. The maximum absolute atomic E-state index is 13.1. The van der Waals surface area contributed by atoms with Crippen molar-refractivity contribution in [2.24, 2.45) is 5.92 Å². The molecular weight excluding hydrogens is 269 g/mol. The van der Waals surface area contributed by atoms with Crippen LogP contribution in [0.2, 0.25) is 0 Å². The minimum atomic E-state index is -0.471. The molecule has 1 aliphatic carbocycles. The smallest absolute Gasteiger partial charge is 0.238 e. The number of hydrogen-bond donors (Lipinski definition) is 2. The van der Waals surface area contributed by atoms with Gasteiger partial charge < -0.3 is 11.1 Å². The van der Waals surface area contributed by atoms with Gasteiger partial charge in [0.25, 0.3) is 0 Å². The van der Waals surface area contributed by atoms with Gasteiger partial charge in [0.1, 0.15) is 5.82 Å². The van der Waals surface area contributed by atoms with E-state index < -0.39 is 5.82 Å². The number of hydrogen-bond acceptors (Lipinski definition) is 3. The van der Waals surface area contributed by atoms with Crippen molar-refractivity contribution in [2.75, 3.05) is 24.6 Å². The Bertz CT molecular complexity index is 506. The van der Waals surface area contributed by atoms with E-state index in [1.165, 1.54) is 37.5 Å². The molecule has 0 spiro atoms. The predicted octanol–water partition coefficient (Wildman–Crippen LogP) is 2.86. The lowest BCUT2D eigenvalue weighted by Crippen LogP contribution is -2.42. The summed E-state index contributed by atoms with van der Waals surface area (Å²) in [4.78, 5) is 14.2. The van der Waals surface area contributed by atoms with Gasteiger partial charge in [0, 0.05) is 11.7 Å². The average Bonchev–Trinajstić information content (AvgIpc) is 2.43. The molecule has 0 saturated heterocycles. The Kier molecular flexibility index (Phi) is 5.17. The number of rotatable bonds is 4. The van der Waals surface area contributed by atoms with Crippen LogP contribution in [-0.2, 0) is 4.79 Å². The number of benzene rings is 1. The SMILES string of the molecule is CC1CCCCC1N(C)CC(=O)Nc1ccc(F)c(N)c1. The Morgan fingerprint density at radius 2 is 2.14 bits per heavy atom. The highest BCUT2D eigenvalue weighted by atomic mass is 19.1. The van der Waals surface area contributed by atoms with Crippen LogP contribution in [-0.4, -0.2) is 30.4 Å². The molecule has 2 unspecified atom stereocenters. The zero-order chi connectivity index (χ0) is 15.4. The van der Waals surface area contributed by atoms with E-state index in [1.54, 1.807) is 0 Å². The van der Waals surface area contributed by atoms with Crippen molar-refractivity contribution < 1.29 is 9.18 Å². The molecule has 0 aliphatic heterocycles. The van der Waals surface area contributed by atoms with Crippen molar-refractivity contribution in [1.29, 1.82) is 0 Å². The molecule has 0 aromatic heterocycles. The number of amides is 1. The second kappa shape index (κ2) is 6.89. The van der Waals surface area contributed by atoms with Crippen LogP contribution in [0.25, 0.3) is 0 Å². The summed E-state index contributed by atoms with van der Waals surface area (Å²) in [5.41, 5.74) is 6.07. The van der Waals surface area contributed by atoms with Gasteiger partial charge in [0.2, 0.25) is 5.91 Å². The zero-order valence-corrected chi connectivity index (χ0v) is 12.7. The first-order valence-corrected chi connectivity index (χ1v) is 7.52. The van der Waals surface area contributed by atoms with E-state index in [2.05, 4.69) is 17.1 Å². The fraction of sp³-hybridized carbons (Fsp3) is 0.562. The second-order valence-corrected chi connectivity index (χ2v) is 6.03. The Morgan fingerprint density at radius 3 is 2.81 bits per heavy atom. The summed E-state index contributed by atoms with van der Waals surface area (Å²) in [6, 6.07) is 4.68. The van der Waals surface area contributed by atoms with E-state index in [9.17, 15) is 9.18 Å². The van der Waals surface area contributed by atoms with E-state index in [0.29, 0.717) is 24.2 Å². The second-order valence-electron chi connectivity index (χ2n) is 6.03. The highest BCUT2D eigenvalue weighted by Gasteiger charge is 2.25. The third kappa shape index (κ3) is 4.17. The number of halogens is 1. The summed E-state index contributed by atoms with van der Waals surface area (Å²) in [5, 5.41) is 2.77. The lowest BCUT2D eigenvalue weighted by atomic mass is 9.85. The first kappa shape index (κ1) is 15.8. The van der Waals surface area contributed by atoms with Gasteiger partial charge in [0.15, 0.2) is 0 Å². The van der Waals surface area contributed by atoms with Crippen LogP contribution >= 0.6 is 0 Å². The van der Waals surface area contributed by atoms with Gasteiger partial charge in [-0.25, -0.2) is 4.39 Å². The number of nitrogens with two attached hydrogens (primary N) is 1. The molecular formula is C16H24FN3O. The summed E-state index contributed by atoms with van der Waals surface area (Å²) < 4.78 is 13.1. The average molecular weight is 293 g/mol. The highest BCUT2D eigenvalue weighted by Crippen LogP contribution is 2.27. The number of nitrogen functional groups attached to an aromatic ring is 1. The maximum atomic E-state index is 13.1. The third-order valence-corrected chi connectivity index (χ3v) is 4.31. The molecule has 1 fully saturated rings. The number of nitrogens with zero attached hydrogens (tertiary/aromatic N) is 1. The van der Waals surface area contributed by atoms with Crippen LogP contribution in [0.5, 0.6) is 0 Å². The van der Waals surface area contributed by atoms with Gasteiger partial charge in [0.05, 0.1) is 12.2 Å². The minimum absolute atomic E-state index is 0.0436. The summed E-state index contributed by atoms with van der Waals surface area (Å²) >= 11 is 0. The van der Waals surface area contributed by atoms with Crippen LogP contribution in [0.3, 0.4) is 0 Å². The van der Waals surface area contributed by atoms with Gasteiger partial charge in [-0.2, -0.15) is 0 Å². The molecule has 3 N–H and O–H groups in total. The van der Waals surface area contributed by atoms with Crippen molar-refractivity contribution in [2.45, 2.75) is 38.6 Å². The van der Waals surface area contributed by atoms with E-state index >= 15 is 0 Å². The fourth-order valence-corrected chi connectivity index (χ4v) is 3.12. The normalized spacial score (nSPS) is 22.3. The molecule has 1 aromatic rings. The quantitative estimate of drug-likeness (QED) is 0.839. The zero-order valence-electron chi connectivity index (χ0n) is 12.7. The molecule has 116 valence electrons. The van der Waals surface area contributed by atoms with Gasteiger partial charge in [-0.15, -0.1) is 0 Å². The number of nitrogens with one attached hydrogen (secondary N) is 1. The van der Waals surface area contributed by atoms with Gasteiger partial charge >= 0.3 is 0 Å². The van der Waals surface area contributed by atoms with E-state index in [4.69, 9.17) is 5.73 Å². The van der Waals surface area contributed by atoms with Gasteiger partial charge in [-0.05, 0) is 44.0 Å². The Labute approximate surface area is 125 Å². The molecule has 5 heteroatoms. The Hall–Kier alpha value is -1.62. The van der Waals surface area contributed by atoms with Crippen LogP contribution in [0, 0.1) is 11.7 Å². The molecule has 0 bridgehead atoms. The number of likely N-dealkylation sites (N-methyl/N-ethyl adjacent to an activating group) is 1. The molecule has 0 heterocycles. The summed E-state index contributed by atoms with van der Waals surface area (Å²) in [6.45, 7) is 2.59. The Morgan fingerprint density at radius 1 is 1.43 bits per heavy atom. The minimum Gasteiger partial charge on any atom is -0.396 e. The summed E-state index contributed by atoms with van der Waals surface area (Å²) in [7, 11) is 1.99. The molecule has 1 amide bonds. The van der Waals surface area contributed by atoms with E-state index in [1.807, 2.05) is 7.05 Å². The molecule has 2 rings (SSSR count). The number of anilines is 2. The number of carbonyl (C=O) groups excluding carboxylic acids is 1. The molecule has 1 saturated carbocycles. The van der Waals surface area contributed by atoms with Crippen LogP contribution in [0.4, 0.5) is 15.8 Å². The van der Waals surface area contributed by atoms with Crippen molar-refractivity contribution in [1.82, 2.24) is 4.90 Å². The van der Waals surface area contributed by atoms with Crippen molar-refractivity contribution >= 4 is 17.3 Å². The van der Waals surface area contributed by atoms with Crippen LogP contribution in [0.15, 0.2) is 18.2 Å². The molecule has 0 radical (unpaired) electrons. The first-order chi connectivity index (χ1) is 9.97. The van der Waals surface area contributed by atoms with E-state index in [0.717, 1.165) is 6.42 Å². The topological polar surface area (TPSA) is 58.4 Å². The van der Waals surface area contributed by atoms with Crippen molar-refractivity contribution in [3.8, 4) is 0 Å². The molecule has 4 nitrogen and oxygen atoms in total. The van der Waals surface area contributed by atoms with Crippen LogP contribution < -0.4 is 11.1 Å². The lowest BCUT2D eigenvalue weighted by molar-refractivity contribution is -0.117. The predicted molar refractivity (Wildman–Crippen MR) is 83.5 cm³/mol. The van der Waals surface area contributed by atoms with Crippen LogP contribution in [0.1, 0.15) is 32.6 Å². The third-order valence-electron chi connectivity index (χ3n) is 4.31. The van der Waals surface area contributed by atoms with Crippen molar-refractivity contribution in [3.05, 3.63) is 24.0 Å². The fourth-order valence-electron chi connectivity index (χ4n) is 3.12. The summed E-state index contributed by atoms with van der Waals surface area (Å²) in [6.07, 6.45) is 4.89. The molecule has 1 aliphatic rings. The molecule has 21 heavy (non-hydrogen) atoms. The largest absolute Gasteiger partial charge is 0.396 e. The standard InChI is InChI=1S/C16H24FN3O/c1-11-5-3-4-6-15(11)20(2)10-16(21)19-12-7-8-13(17)14(18)9-12/h7-9,11,15H,3-6,10,18H2,1-2H3,(H,19,21).